The minimum Gasteiger partial charge on any atom is -0.449 e. The average molecular weight is 345 g/mol. The van der Waals surface area contributed by atoms with E-state index in [0.717, 1.165) is 23.3 Å². The van der Waals surface area contributed by atoms with E-state index in [1.165, 1.54) is 19.1 Å². The van der Waals surface area contributed by atoms with Crippen molar-refractivity contribution in [3.63, 3.8) is 0 Å². The monoisotopic (exact) mass is 345 g/mol. The summed E-state index contributed by atoms with van der Waals surface area (Å²) in [6.45, 7) is 3.21. The van der Waals surface area contributed by atoms with Crippen LogP contribution in [0.25, 0.3) is 6.08 Å². The zero-order valence-corrected chi connectivity index (χ0v) is 13.8. The van der Waals surface area contributed by atoms with E-state index in [0.29, 0.717) is 0 Å². The van der Waals surface area contributed by atoms with Crippen LogP contribution in [0.15, 0.2) is 48.5 Å². The Balaban J connectivity index is 1.97. The van der Waals surface area contributed by atoms with Crippen LogP contribution in [-0.4, -0.2) is 18.0 Å². The Morgan fingerprint density at radius 3 is 2.36 bits per heavy atom. The molecular formula is C19H17F2NO3. The van der Waals surface area contributed by atoms with Gasteiger partial charge in [0.1, 0.15) is 17.3 Å². The van der Waals surface area contributed by atoms with Gasteiger partial charge in [-0.2, -0.15) is 0 Å². The highest BCUT2D eigenvalue weighted by molar-refractivity contribution is 5.96. The molecule has 0 fully saturated rings. The van der Waals surface area contributed by atoms with E-state index in [1.54, 1.807) is 6.08 Å². The number of benzene rings is 2. The molecule has 0 aliphatic rings. The van der Waals surface area contributed by atoms with Gasteiger partial charge in [-0.1, -0.05) is 30.3 Å². The molecule has 1 N–H and O–H groups in total. The fourth-order valence-corrected chi connectivity index (χ4v) is 2.04. The Morgan fingerprint density at radius 2 is 1.72 bits per heavy atom. The molecule has 2 rings (SSSR count). The van der Waals surface area contributed by atoms with Gasteiger partial charge in [0, 0.05) is 6.08 Å². The Kier molecular flexibility index (Phi) is 6.00. The molecule has 2 aromatic rings. The van der Waals surface area contributed by atoms with Crippen molar-refractivity contribution in [1.29, 1.82) is 0 Å². The van der Waals surface area contributed by atoms with E-state index in [1.807, 2.05) is 31.2 Å². The van der Waals surface area contributed by atoms with Crippen molar-refractivity contribution in [3.8, 4) is 0 Å². The van der Waals surface area contributed by atoms with Crippen LogP contribution in [0.3, 0.4) is 0 Å². The lowest BCUT2D eigenvalue weighted by Crippen LogP contribution is -2.30. The van der Waals surface area contributed by atoms with Crippen molar-refractivity contribution >= 4 is 23.6 Å². The number of para-hydroxylation sites is 1. The van der Waals surface area contributed by atoms with E-state index in [2.05, 4.69) is 5.32 Å². The standard InChI is InChI=1S/C19H17F2NO3/c1-12-6-3-4-7-14(12)10-11-17(23)25-13(2)19(24)22-18-15(20)8-5-9-16(18)21/h3-11,13H,1-2H3,(H,22,24)/b11-10+/t13-/m1/s1. The van der Waals surface area contributed by atoms with Gasteiger partial charge >= 0.3 is 5.97 Å². The number of carbonyl (C=O) groups is 2. The second kappa shape index (κ2) is 8.19. The lowest BCUT2D eigenvalue weighted by atomic mass is 10.1. The van der Waals surface area contributed by atoms with Gasteiger partial charge in [-0.25, -0.2) is 13.6 Å². The molecule has 1 atom stereocenters. The first-order valence-electron chi connectivity index (χ1n) is 7.57. The number of esters is 1. The van der Waals surface area contributed by atoms with E-state index in [-0.39, 0.29) is 0 Å². The molecule has 0 bridgehead atoms. The molecule has 0 radical (unpaired) electrons. The maximum atomic E-state index is 13.5. The third kappa shape index (κ3) is 4.97. The van der Waals surface area contributed by atoms with Crippen LogP contribution in [0.4, 0.5) is 14.5 Å². The SMILES string of the molecule is Cc1ccccc1/C=C/C(=O)O[C@H](C)C(=O)Nc1c(F)cccc1F. The molecule has 0 saturated heterocycles. The predicted octanol–water partition coefficient (Wildman–Crippen LogP) is 3.86. The Hall–Kier alpha value is -3.02. The lowest BCUT2D eigenvalue weighted by molar-refractivity contribution is -0.148. The molecule has 0 heterocycles. The van der Waals surface area contributed by atoms with Crippen LogP contribution in [0.1, 0.15) is 18.1 Å². The topological polar surface area (TPSA) is 55.4 Å². The smallest absolute Gasteiger partial charge is 0.331 e. The molecule has 2 aromatic carbocycles. The van der Waals surface area contributed by atoms with Gasteiger partial charge in [0.25, 0.3) is 5.91 Å². The number of hydrogen-bond donors (Lipinski definition) is 1. The minimum absolute atomic E-state index is 0.578. The molecule has 1 amide bonds. The second-order valence-electron chi connectivity index (χ2n) is 5.35. The van der Waals surface area contributed by atoms with Crippen molar-refractivity contribution in [2.45, 2.75) is 20.0 Å². The lowest BCUT2D eigenvalue weighted by Gasteiger charge is -2.13. The summed E-state index contributed by atoms with van der Waals surface area (Å²) in [5.41, 5.74) is 1.24. The molecule has 0 aliphatic carbocycles. The highest BCUT2D eigenvalue weighted by Gasteiger charge is 2.19. The van der Waals surface area contributed by atoms with Crippen LogP contribution < -0.4 is 5.32 Å². The summed E-state index contributed by atoms with van der Waals surface area (Å²) < 4.78 is 32.0. The third-order valence-corrected chi connectivity index (χ3v) is 3.46. The Bertz CT molecular complexity index is 798. The summed E-state index contributed by atoms with van der Waals surface area (Å²) in [4.78, 5) is 23.7. The number of hydrogen-bond acceptors (Lipinski definition) is 3. The highest BCUT2D eigenvalue weighted by Crippen LogP contribution is 2.18. The highest BCUT2D eigenvalue weighted by atomic mass is 19.1. The summed E-state index contributed by atoms with van der Waals surface area (Å²) in [5, 5.41) is 2.08. The molecule has 0 spiro atoms. The Morgan fingerprint density at radius 1 is 1.08 bits per heavy atom. The van der Waals surface area contributed by atoms with Gasteiger partial charge in [0.05, 0.1) is 0 Å². The van der Waals surface area contributed by atoms with Gasteiger partial charge in [-0.05, 0) is 43.2 Å². The number of anilines is 1. The number of amides is 1. The molecule has 0 aliphatic heterocycles. The number of ether oxygens (including phenoxy) is 1. The van der Waals surface area contributed by atoms with Gasteiger partial charge < -0.3 is 10.1 Å². The minimum atomic E-state index is -1.21. The molecular weight excluding hydrogens is 328 g/mol. The van der Waals surface area contributed by atoms with E-state index >= 15 is 0 Å². The first-order valence-corrected chi connectivity index (χ1v) is 7.57. The fourth-order valence-electron chi connectivity index (χ4n) is 2.04. The van der Waals surface area contributed by atoms with Crippen molar-refractivity contribution in [3.05, 3.63) is 71.3 Å². The van der Waals surface area contributed by atoms with Crippen molar-refractivity contribution in [1.82, 2.24) is 0 Å². The largest absolute Gasteiger partial charge is 0.449 e. The van der Waals surface area contributed by atoms with Crippen molar-refractivity contribution < 1.29 is 23.1 Å². The zero-order chi connectivity index (χ0) is 18.4. The maximum Gasteiger partial charge on any atom is 0.331 e. The van der Waals surface area contributed by atoms with Crippen LogP contribution in [0.5, 0.6) is 0 Å². The molecule has 130 valence electrons. The predicted molar refractivity (Wildman–Crippen MR) is 90.8 cm³/mol. The Labute approximate surface area is 144 Å². The van der Waals surface area contributed by atoms with Gasteiger partial charge in [-0.3, -0.25) is 4.79 Å². The fraction of sp³-hybridized carbons (Fsp3) is 0.158. The molecule has 0 unspecified atom stereocenters. The molecule has 25 heavy (non-hydrogen) atoms. The molecule has 4 nitrogen and oxygen atoms in total. The number of aryl methyl sites for hydroxylation is 1. The van der Waals surface area contributed by atoms with Crippen LogP contribution in [0, 0.1) is 18.6 Å². The summed E-state index contributed by atoms with van der Waals surface area (Å²) in [6, 6.07) is 10.6. The second-order valence-corrected chi connectivity index (χ2v) is 5.35. The molecule has 0 aromatic heterocycles. The van der Waals surface area contributed by atoms with Gasteiger partial charge in [0.2, 0.25) is 0 Å². The average Bonchev–Trinajstić information content (AvgIpc) is 2.57. The van der Waals surface area contributed by atoms with Crippen LogP contribution >= 0.6 is 0 Å². The maximum absolute atomic E-state index is 13.5. The molecule has 6 heteroatoms. The first kappa shape index (κ1) is 18.3. The normalized spacial score (nSPS) is 12.0. The number of rotatable bonds is 5. The van der Waals surface area contributed by atoms with Gasteiger partial charge in [0.15, 0.2) is 6.10 Å². The summed E-state index contributed by atoms with van der Waals surface area (Å²) >= 11 is 0. The first-order chi connectivity index (χ1) is 11.9. The van der Waals surface area contributed by atoms with Crippen LogP contribution in [-0.2, 0) is 14.3 Å². The van der Waals surface area contributed by atoms with Crippen molar-refractivity contribution in [2.75, 3.05) is 5.32 Å². The third-order valence-electron chi connectivity index (χ3n) is 3.46. The summed E-state index contributed by atoms with van der Waals surface area (Å²) in [7, 11) is 0. The van der Waals surface area contributed by atoms with E-state index < -0.39 is 35.3 Å². The number of halogens is 2. The molecule has 0 saturated carbocycles. The zero-order valence-electron chi connectivity index (χ0n) is 13.8. The van der Waals surface area contributed by atoms with E-state index in [9.17, 15) is 18.4 Å². The summed E-state index contributed by atoms with van der Waals surface area (Å²) in [5.74, 6) is -3.39. The van der Waals surface area contributed by atoms with E-state index in [4.69, 9.17) is 4.74 Å². The van der Waals surface area contributed by atoms with Crippen molar-refractivity contribution in [2.24, 2.45) is 0 Å². The van der Waals surface area contributed by atoms with Crippen LogP contribution in [0.2, 0.25) is 0 Å². The van der Waals surface area contributed by atoms with Gasteiger partial charge in [-0.15, -0.1) is 0 Å². The number of carbonyl (C=O) groups excluding carboxylic acids is 2. The quantitative estimate of drug-likeness (QED) is 0.661. The number of nitrogens with one attached hydrogen (secondary N) is 1. The summed E-state index contributed by atoms with van der Waals surface area (Å²) in [6.07, 6.45) is 1.54.